The van der Waals surface area contributed by atoms with Gasteiger partial charge in [0.1, 0.15) is 12.4 Å². The van der Waals surface area contributed by atoms with Gasteiger partial charge >= 0.3 is 0 Å². The lowest BCUT2D eigenvalue weighted by atomic mass is 10.00. The van der Waals surface area contributed by atoms with Crippen LogP contribution in [0.1, 0.15) is 33.6 Å². The second kappa shape index (κ2) is 9.17. The molecule has 148 valence electrons. The molecular weight excluding hydrogens is 360 g/mol. The zero-order chi connectivity index (χ0) is 20.8. The fraction of sp³-hybridized carbons (Fsp3) is 0.167. The third kappa shape index (κ3) is 5.09. The zero-order valence-corrected chi connectivity index (χ0v) is 16.8. The third-order valence-electron chi connectivity index (χ3n) is 4.60. The Morgan fingerprint density at radius 1 is 0.966 bits per heavy atom. The second-order valence-electron chi connectivity index (χ2n) is 6.95. The van der Waals surface area contributed by atoms with Crippen molar-refractivity contribution in [1.82, 2.24) is 4.98 Å². The van der Waals surface area contributed by atoms with Crippen molar-refractivity contribution in [2.24, 2.45) is 11.5 Å². The number of nitrogens with zero attached hydrogens (tertiary/aromatic N) is 1. The van der Waals surface area contributed by atoms with Gasteiger partial charge < -0.3 is 21.6 Å². The fourth-order valence-corrected chi connectivity index (χ4v) is 3.23. The van der Waals surface area contributed by atoms with E-state index in [2.05, 4.69) is 4.98 Å². The maximum atomic E-state index is 7.88. The van der Waals surface area contributed by atoms with Crippen LogP contribution in [-0.4, -0.2) is 11.2 Å². The number of allylic oxidation sites excluding steroid dienone is 1. The summed E-state index contributed by atoms with van der Waals surface area (Å²) >= 11 is 0. The number of nitrogens with two attached hydrogens (primary N) is 2. The van der Waals surface area contributed by atoms with Crippen LogP contribution in [0.2, 0.25) is 0 Å². The van der Waals surface area contributed by atoms with E-state index < -0.39 is 0 Å². The molecule has 0 aliphatic heterocycles. The quantitative estimate of drug-likeness (QED) is 0.530. The summed E-state index contributed by atoms with van der Waals surface area (Å²) in [4.78, 5) is 4.40. The van der Waals surface area contributed by atoms with Crippen LogP contribution >= 0.6 is 0 Å². The molecule has 5 N–H and O–H groups in total. The standard InChI is InChI=1S/C24H26N4O/c1-16-9-21(10-17(2)28-16)23(14-26)24(27)20-7-4-8-22(12-20)29-15-19-6-3-5-18(11-19)13-25/h3-12,14,26H,13,15,25,27H2,1-2H3. The molecule has 0 amide bonds. The average Bonchev–Trinajstić information content (AvgIpc) is 2.72. The molecule has 0 bridgehead atoms. The SMILES string of the molecule is Cc1cc(C(C=N)=C(N)c2cccc(OCc3cccc(CN)c3)c2)cc(C)n1. The van der Waals surface area contributed by atoms with Gasteiger partial charge in [-0.3, -0.25) is 4.98 Å². The first-order chi connectivity index (χ1) is 14.0. The number of hydrogen-bond acceptors (Lipinski definition) is 5. The van der Waals surface area contributed by atoms with Gasteiger partial charge in [0, 0.05) is 41.0 Å². The van der Waals surface area contributed by atoms with Gasteiger partial charge in [-0.15, -0.1) is 0 Å². The number of benzene rings is 2. The lowest BCUT2D eigenvalue weighted by Crippen LogP contribution is -2.04. The number of nitrogens with one attached hydrogen (secondary N) is 1. The first kappa shape index (κ1) is 20.3. The minimum atomic E-state index is 0.446. The van der Waals surface area contributed by atoms with Gasteiger partial charge in [0.15, 0.2) is 0 Å². The van der Waals surface area contributed by atoms with E-state index in [4.69, 9.17) is 21.6 Å². The molecule has 5 nitrogen and oxygen atoms in total. The monoisotopic (exact) mass is 386 g/mol. The largest absolute Gasteiger partial charge is 0.489 e. The van der Waals surface area contributed by atoms with E-state index in [1.807, 2.05) is 74.5 Å². The highest BCUT2D eigenvalue weighted by molar-refractivity contribution is 6.17. The van der Waals surface area contributed by atoms with Gasteiger partial charge in [0.25, 0.3) is 0 Å². The Balaban J connectivity index is 1.86. The summed E-state index contributed by atoms with van der Waals surface area (Å²) in [6.07, 6.45) is 1.29. The van der Waals surface area contributed by atoms with Crippen LogP contribution < -0.4 is 16.2 Å². The molecule has 3 rings (SSSR count). The van der Waals surface area contributed by atoms with Crippen molar-refractivity contribution in [3.8, 4) is 5.75 Å². The molecule has 0 spiro atoms. The molecule has 29 heavy (non-hydrogen) atoms. The predicted molar refractivity (Wildman–Crippen MR) is 119 cm³/mol. The Kier molecular flexibility index (Phi) is 6.42. The molecule has 1 heterocycles. The average molecular weight is 386 g/mol. The van der Waals surface area contributed by atoms with Crippen molar-refractivity contribution in [2.75, 3.05) is 0 Å². The summed E-state index contributed by atoms with van der Waals surface area (Å²) in [7, 11) is 0. The third-order valence-corrected chi connectivity index (χ3v) is 4.60. The lowest BCUT2D eigenvalue weighted by Gasteiger charge is -2.12. The van der Waals surface area contributed by atoms with E-state index in [1.165, 1.54) is 6.21 Å². The Labute approximate surface area is 171 Å². The summed E-state index contributed by atoms with van der Waals surface area (Å²) in [5.74, 6) is 0.718. The fourth-order valence-electron chi connectivity index (χ4n) is 3.23. The van der Waals surface area contributed by atoms with E-state index in [-0.39, 0.29) is 0 Å². The maximum absolute atomic E-state index is 7.88. The molecule has 0 saturated heterocycles. The molecule has 0 radical (unpaired) electrons. The van der Waals surface area contributed by atoms with E-state index in [1.54, 1.807) is 0 Å². The van der Waals surface area contributed by atoms with Crippen LogP contribution in [0.4, 0.5) is 0 Å². The van der Waals surface area contributed by atoms with Crippen LogP contribution in [0.15, 0.2) is 60.7 Å². The van der Waals surface area contributed by atoms with E-state index in [9.17, 15) is 0 Å². The number of hydrogen-bond donors (Lipinski definition) is 3. The molecule has 0 unspecified atom stereocenters. The Bertz CT molecular complexity index is 1040. The number of rotatable bonds is 7. The Hall–Kier alpha value is -3.44. The minimum Gasteiger partial charge on any atom is -0.489 e. The second-order valence-corrected chi connectivity index (χ2v) is 6.95. The first-order valence-electron chi connectivity index (χ1n) is 9.47. The molecular formula is C24H26N4O. The summed E-state index contributed by atoms with van der Waals surface area (Å²) in [6.45, 7) is 4.82. The van der Waals surface area contributed by atoms with Crippen LogP contribution in [0.5, 0.6) is 5.75 Å². The predicted octanol–water partition coefficient (Wildman–Crippen LogP) is 4.21. The van der Waals surface area contributed by atoms with Crippen molar-refractivity contribution in [1.29, 1.82) is 5.41 Å². The maximum Gasteiger partial charge on any atom is 0.120 e. The summed E-state index contributed by atoms with van der Waals surface area (Å²) in [5, 5.41) is 7.88. The number of ether oxygens (including phenoxy) is 1. The molecule has 0 aliphatic rings. The van der Waals surface area contributed by atoms with E-state index in [0.29, 0.717) is 24.4 Å². The van der Waals surface area contributed by atoms with Crippen molar-refractivity contribution in [2.45, 2.75) is 27.0 Å². The normalized spacial score (nSPS) is 11.7. The van der Waals surface area contributed by atoms with Gasteiger partial charge in [-0.2, -0.15) is 0 Å². The molecule has 5 heteroatoms. The van der Waals surface area contributed by atoms with Crippen molar-refractivity contribution >= 4 is 17.5 Å². The van der Waals surface area contributed by atoms with Crippen LogP contribution in [-0.2, 0) is 13.2 Å². The molecule has 0 atom stereocenters. The number of aryl methyl sites for hydroxylation is 2. The molecule has 0 fully saturated rings. The minimum absolute atomic E-state index is 0.446. The molecule has 1 aromatic heterocycles. The van der Waals surface area contributed by atoms with Gasteiger partial charge in [0.2, 0.25) is 0 Å². The topological polar surface area (TPSA) is 98.0 Å². The molecule has 2 aromatic carbocycles. The zero-order valence-electron chi connectivity index (χ0n) is 16.8. The molecule has 0 saturated carbocycles. The van der Waals surface area contributed by atoms with Crippen LogP contribution in [0.25, 0.3) is 11.3 Å². The highest BCUT2D eigenvalue weighted by atomic mass is 16.5. The van der Waals surface area contributed by atoms with Crippen molar-refractivity contribution < 1.29 is 4.74 Å². The van der Waals surface area contributed by atoms with Gasteiger partial charge in [-0.1, -0.05) is 36.4 Å². The van der Waals surface area contributed by atoms with E-state index in [0.717, 1.165) is 39.4 Å². The Morgan fingerprint density at radius 2 is 1.66 bits per heavy atom. The summed E-state index contributed by atoms with van der Waals surface area (Å²) in [5.41, 5.74) is 18.9. The molecule has 0 aliphatic carbocycles. The summed E-state index contributed by atoms with van der Waals surface area (Å²) < 4.78 is 5.95. The van der Waals surface area contributed by atoms with Crippen LogP contribution in [0, 0.1) is 19.3 Å². The van der Waals surface area contributed by atoms with Gasteiger partial charge in [-0.25, -0.2) is 0 Å². The van der Waals surface area contributed by atoms with Gasteiger partial charge in [0.05, 0.1) is 0 Å². The smallest absolute Gasteiger partial charge is 0.120 e. The highest BCUT2D eigenvalue weighted by Crippen LogP contribution is 2.25. The van der Waals surface area contributed by atoms with Gasteiger partial charge in [-0.05, 0) is 54.8 Å². The van der Waals surface area contributed by atoms with Crippen molar-refractivity contribution in [3.05, 3.63) is 94.3 Å². The first-order valence-corrected chi connectivity index (χ1v) is 9.47. The lowest BCUT2D eigenvalue weighted by molar-refractivity contribution is 0.306. The van der Waals surface area contributed by atoms with E-state index >= 15 is 0 Å². The van der Waals surface area contributed by atoms with Crippen molar-refractivity contribution in [3.63, 3.8) is 0 Å². The Morgan fingerprint density at radius 3 is 2.34 bits per heavy atom. The number of aromatic nitrogens is 1. The van der Waals surface area contributed by atoms with Crippen LogP contribution in [0.3, 0.4) is 0 Å². The summed E-state index contributed by atoms with van der Waals surface area (Å²) in [6, 6.07) is 19.5. The molecule has 3 aromatic rings. The highest BCUT2D eigenvalue weighted by Gasteiger charge is 2.09. The number of pyridine rings is 1.